The van der Waals surface area contributed by atoms with Crippen LogP contribution < -0.4 is 4.72 Å². The van der Waals surface area contributed by atoms with Gasteiger partial charge in [-0.2, -0.15) is 0 Å². The van der Waals surface area contributed by atoms with Crippen LogP contribution in [0.3, 0.4) is 0 Å². The van der Waals surface area contributed by atoms with Crippen molar-refractivity contribution in [2.45, 2.75) is 40.9 Å². The van der Waals surface area contributed by atoms with E-state index in [9.17, 15) is 13.5 Å². The molecule has 1 fully saturated rings. The highest BCUT2D eigenvalue weighted by atomic mass is 35.5. The molecule has 218 valence electrons. The molecule has 2 heterocycles. The number of hydrogen-bond acceptors (Lipinski definition) is 5. The Labute approximate surface area is 258 Å². The van der Waals surface area contributed by atoms with E-state index in [2.05, 4.69) is 33.9 Å². The third-order valence-corrected chi connectivity index (χ3v) is 11.2. The Morgan fingerprint density at radius 2 is 1.46 bits per heavy atom. The van der Waals surface area contributed by atoms with Gasteiger partial charge >= 0.3 is 0 Å². The molecule has 1 saturated heterocycles. The van der Waals surface area contributed by atoms with Crippen LogP contribution in [0.2, 0.25) is 5.02 Å². The molecule has 1 aliphatic rings. The first-order valence-electron chi connectivity index (χ1n) is 13.7. The van der Waals surface area contributed by atoms with Crippen LogP contribution in [0.25, 0.3) is 0 Å². The third-order valence-electron chi connectivity index (χ3n) is 8.12. The van der Waals surface area contributed by atoms with Gasteiger partial charge in [-0.15, -0.1) is 23.7 Å². The molecule has 3 aromatic carbocycles. The van der Waals surface area contributed by atoms with Crippen molar-refractivity contribution in [2.75, 3.05) is 26.2 Å². The number of rotatable bonds is 11. The molecule has 5 nitrogen and oxygen atoms in total. The Hall–Kier alpha value is -2.23. The molecular formula is C32H36Cl2N2O3S2. The van der Waals surface area contributed by atoms with Gasteiger partial charge < -0.3 is 10.0 Å². The zero-order valence-electron chi connectivity index (χ0n) is 22.8. The number of likely N-dealkylation sites (tertiary alicyclic amines) is 1. The number of hydrogen-bond donors (Lipinski definition) is 2. The van der Waals surface area contributed by atoms with Crippen LogP contribution in [-0.4, -0.2) is 44.6 Å². The number of nitrogens with zero attached hydrogens (tertiary/aromatic N) is 1. The van der Waals surface area contributed by atoms with Gasteiger partial charge in [0.2, 0.25) is 10.0 Å². The number of benzene rings is 3. The van der Waals surface area contributed by atoms with Crippen molar-refractivity contribution in [3.63, 3.8) is 0 Å². The third kappa shape index (κ3) is 7.41. The van der Waals surface area contributed by atoms with Crippen molar-refractivity contribution in [1.29, 1.82) is 0 Å². The fourth-order valence-electron chi connectivity index (χ4n) is 5.77. The predicted octanol–water partition coefficient (Wildman–Crippen LogP) is 6.85. The molecular weight excluding hydrogens is 595 g/mol. The average Bonchev–Trinajstić information content (AvgIpc) is 3.54. The predicted molar refractivity (Wildman–Crippen MR) is 171 cm³/mol. The molecule has 5 rings (SSSR count). The number of sulfonamides is 1. The van der Waals surface area contributed by atoms with Gasteiger partial charge in [0.25, 0.3) is 0 Å². The van der Waals surface area contributed by atoms with Crippen LogP contribution in [0.4, 0.5) is 0 Å². The Morgan fingerprint density at radius 1 is 0.878 bits per heavy atom. The van der Waals surface area contributed by atoms with Crippen LogP contribution in [0.1, 0.15) is 42.4 Å². The van der Waals surface area contributed by atoms with Crippen LogP contribution in [-0.2, 0) is 21.0 Å². The van der Waals surface area contributed by atoms with E-state index in [-0.39, 0.29) is 19.0 Å². The molecule has 2 N–H and O–H groups in total. The summed E-state index contributed by atoms with van der Waals surface area (Å²) in [5, 5.41) is 13.7. The Bertz CT molecular complexity index is 1420. The summed E-state index contributed by atoms with van der Waals surface area (Å²) in [6.45, 7) is 2.73. The lowest BCUT2D eigenvalue weighted by Crippen LogP contribution is -2.44. The quantitative estimate of drug-likeness (QED) is 0.190. The summed E-state index contributed by atoms with van der Waals surface area (Å²) >= 11 is 7.27. The van der Waals surface area contributed by atoms with Crippen molar-refractivity contribution in [3.05, 3.63) is 124 Å². The van der Waals surface area contributed by atoms with Crippen molar-refractivity contribution in [1.82, 2.24) is 9.62 Å². The van der Waals surface area contributed by atoms with E-state index in [1.807, 2.05) is 60.7 Å². The number of halogens is 2. The molecule has 0 aliphatic carbocycles. The Morgan fingerprint density at radius 3 is 2.00 bits per heavy atom. The van der Waals surface area contributed by atoms with Gasteiger partial charge in [0.15, 0.2) is 0 Å². The van der Waals surface area contributed by atoms with E-state index in [4.69, 9.17) is 11.6 Å². The van der Waals surface area contributed by atoms with E-state index in [0.717, 1.165) is 49.2 Å². The second-order valence-corrected chi connectivity index (χ2v) is 13.9. The van der Waals surface area contributed by atoms with E-state index >= 15 is 0 Å². The van der Waals surface area contributed by atoms with Gasteiger partial charge in [-0.05, 0) is 72.5 Å². The van der Waals surface area contributed by atoms with E-state index in [0.29, 0.717) is 22.1 Å². The number of piperidine rings is 1. The standard InChI is InChI=1S/C32H35ClN2O3S2.ClH/c33-29-16-14-28(15-17-29)32(36)19-22-35(23-20-32)21-8-18-31(26-9-3-1-4-10-26,27-11-5-2-6-12-27)25-34-40(37,38)30-13-7-24-39-30;/h1-7,9-17,24,34,36H,8,18-23,25H2;1H. The van der Waals surface area contributed by atoms with E-state index in [1.54, 1.807) is 17.5 Å². The maximum atomic E-state index is 13.2. The van der Waals surface area contributed by atoms with Crippen molar-refractivity contribution in [2.24, 2.45) is 0 Å². The lowest BCUT2D eigenvalue weighted by atomic mass is 9.71. The lowest BCUT2D eigenvalue weighted by molar-refractivity contribution is -0.0262. The van der Waals surface area contributed by atoms with E-state index < -0.39 is 21.0 Å². The highest BCUT2D eigenvalue weighted by molar-refractivity contribution is 7.91. The normalized spacial score (nSPS) is 15.8. The summed E-state index contributed by atoms with van der Waals surface area (Å²) in [7, 11) is -3.63. The fourth-order valence-corrected chi connectivity index (χ4v) is 8.03. The van der Waals surface area contributed by atoms with Crippen molar-refractivity contribution < 1.29 is 13.5 Å². The molecule has 1 aromatic heterocycles. The summed E-state index contributed by atoms with van der Waals surface area (Å²) < 4.78 is 29.6. The fraction of sp³-hybridized carbons (Fsp3) is 0.312. The van der Waals surface area contributed by atoms with Gasteiger partial charge in [0.1, 0.15) is 4.21 Å². The maximum absolute atomic E-state index is 13.2. The largest absolute Gasteiger partial charge is 0.385 e. The van der Waals surface area contributed by atoms with Crippen LogP contribution in [0.15, 0.2) is 107 Å². The molecule has 1 aliphatic heterocycles. The van der Waals surface area contributed by atoms with Crippen LogP contribution in [0, 0.1) is 0 Å². The second-order valence-electron chi connectivity index (χ2n) is 10.6. The first kappa shape index (κ1) is 31.7. The van der Waals surface area contributed by atoms with Gasteiger partial charge in [0.05, 0.1) is 5.60 Å². The van der Waals surface area contributed by atoms with Gasteiger partial charge in [-0.3, -0.25) is 0 Å². The highest BCUT2D eigenvalue weighted by Gasteiger charge is 2.37. The molecule has 0 atom stereocenters. The molecule has 0 amide bonds. The molecule has 0 saturated carbocycles. The lowest BCUT2D eigenvalue weighted by Gasteiger charge is -2.40. The first-order chi connectivity index (χ1) is 19.3. The average molecular weight is 632 g/mol. The minimum absolute atomic E-state index is 0. The molecule has 0 spiro atoms. The Balaban J connectivity index is 0.00000387. The summed E-state index contributed by atoms with van der Waals surface area (Å²) in [4.78, 5) is 2.40. The van der Waals surface area contributed by atoms with Gasteiger partial charge in [-0.1, -0.05) is 90.5 Å². The zero-order chi connectivity index (χ0) is 28.1. The van der Waals surface area contributed by atoms with Crippen LogP contribution in [0.5, 0.6) is 0 Å². The highest BCUT2D eigenvalue weighted by Crippen LogP contribution is 2.38. The van der Waals surface area contributed by atoms with Gasteiger partial charge in [-0.25, -0.2) is 13.1 Å². The first-order valence-corrected chi connectivity index (χ1v) is 16.4. The van der Waals surface area contributed by atoms with Gasteiger partial charge in [0, 0.05) is 30.1 Å². The molecule has 41 heavy (non-hydrogen) atoms. The number of aliphatic hydroxyl groups is 1. The minimum atomic E-state index is -3.63. The summed E-state index contributed by atoms with van der Waals surface area (Å²) in [6, 6.07) is 31.3. The maximum Gasteiger partial charge on any atom is 0.250 e. The minimum Gasteiger partial charge on any atom is -0.385 e. The summed E-state index contributed by atoms with van der Waals surface area (Å²) in [5.74, 6) is 0. The van der Waals surface area contributed by atoms with Crippen molar-refractivity contribution >= 4 is 45.4 Å². The molecule has 4 aromatic rings. The molecule has 0 radical (unpaired) electrons. The molecule has 0 bridgehead atoms. The monoisotopic (exact) mass is 630 g/mol. The number of thiophene rings is 1. The van der Waals surface area contributed by atoms with E-state index in [1.165, 1.54) is 11.3 Å². The molecule has 0 unspecified atom stereocenters. The number of nitrogens with one attached hydrogen (secondary N) is 1. The molecule has 9 heteroatoms. The Kier molecular flexibility index (Phi) is 10.7. The zero-order valence-corrected chi connectivity index (χ0v) is 26.0. The second kappa shape index (κ2) is 13.8. The summed E-state index contributed by atoms with van der Waals surface area (Å²) in [6.07, 6.45) is 2.98. The topological polar surface area (TPSA) is 69.6 Å². The summed E-state index contributed by atoms with van der Waals surface area (Å²) in [5.41, 5.74) is 1.73. The van der Waals surface area contributed by atoms with Crippen molar-refractivity contribution in [3.8, 4) is 0 Å². The smallest absolute Gasteiger partial charge is 0.250 e. The SMILES string of the molecule is Cl.O=S(=O)(NCC(CCCN1CCC(O)(c2ccc(Cl)cc2)CC1)(c1ccccc1)c1ccccc1)c1cccs1. The van der Waals surface area contributed by atoms with Crippen LogP contribution >= 0.6 is 35.3 Å².